The average molecular weight is 164 g/mol. The SMILES string of the molecule is CN1C[C](c2ccc(F)cc2)C1. The Bertz CT molecular complexity index is 262. The van der Waals surface area contributed by atoms with Gasteiger partial charge in [0.1, 0.15) is 5.82 Å². The molecule has 0 spiro atoms. The second-order valence-corrected chi connectivity index (χ2v) is 3.28. The van der Waals surface area contributed by atoms with Crippen molar-refractivity contribution in [3.05, 3.63) is 41.6 Å². The van der Waals surface area contributed by atoms with Crippen molar-refractivity contribution in [3.63, 3.8) is 0 Å². The van der Waals surface area contributed by atoms with Gasteiger partial charge in [-0.15, -0.1) is 0 Å². The molecule has 0 bridgehead atoms. The van der Waals surface area contributed by atoms with E-state index in [0.717, 1.165) is 13.1 Å². The van der Waals surface area contributed by atoms with Crippen LogP contribution >= 0.6 is 0 Å². The molecular formula is C10H11FN. The van der Waals surface area contributed by atoms with Crippen LogP contribution < -0.4 is 0 Å². The van der Waals surface area contributed by atoms with Gasteiger partial charge < -0.3 is 4.90 Å². The molecule has 1 aliphatic rings. The maximum atomic E-state index is 12.5. The van der Waals surface area contributed by atoms with Crippen LogP contribution in [-0.2, 0) is 0 Å². The summed E-state index contributed by atoms with van der Waals surface area (Å²) in [7, 11) is 2.08. The standard InChI is InChI=1S/C10H11FN/c1-12-6-9(7-12)8-2-4-10(11)5-3-8/h2-5H,6-7H2,1H3. The number of likely N-dealkylation sites (tertiary alicyclic amines) is 1. The normalized spacial score (nSPS) is 19.2. The van der Waals surface area contributed by atoms with Gasteiger partial charge in [0.25, 0.3) is 0 Å². The number of likely N-dealkylation sites (N-methyl/N-ethyl adjacent to an activating group) is 1. The van der Waals surface area contributed by atoms with E-state index in [9.17, 15) is 4.39 Å². The van der Waals surface area contributed by atoms with Crippen LogP contribution in [0, 0.1) is 11.7 Å². The van der Waals surface area contributed by atoms with Crippen LogP contribution in [0.25, 0.3) is 0 Å². The molecule has 2 heteroatoms. The molecule has 0 aromatic heterocycles. The maximum absolute atomic E-state index is 12.5. The topological polar surface area (TPSA) is 3.24 Å². The van der Waals surface area contributed by atoms with E-state index in [-0.39, 0.29) is 5.82 Å². The van der Waals surface area contributed by atoms with Crippen molar-refractivity contribution in [1.29, 1.82) is 0 Å². The minimum Gasteiger partial charge on any atom is -0.304 e. The fourth-order valence-corrected chi connectivity index (χ4v) is 1.47. The first-order valence-electron chi connectivity index (χ1n) is 4.05. The first-order valence-corrected chi connectivity index (χ1v) is 4.05. The van der Waals surface area contributed by atoms with Crippen LogP contribution in [0.5, 0.6) is 0 Å². The van der Waals surface area contributed by atoms with Gasteiger partial charge in [0, 0.05) is 19.0 Å². The van der Waals surface area contributed by atoms with Gasteiger partial charge in [0.2, 0.25) is 0 Å². The van der Waals surface area contributed by atoms with Crippen molar-refractivity contribution >= 4 is 0 Å². The fourth-order valence-electron chi connectivity index (χ4n) is 1.47. The summed E-state index contributed by atoms with van der Waals surface area (Å²) >= 11 is 0. The van der Waals surface area contributed by atoms with Crippen molar-refractivity contribution < 1.29 is 4.39 Å². The minimum absolute atomic E-state index is 0.160. The number of hydrogen-bond acceptors (Lipinski definition) is 1. The summed E-state index contributed by atoms with van der Waals surface area (Å²) < 4.78 is 12.5. The van der Waals surface area contributed by atoms with Crippen LogP contribution in [-0.4, -0.2) is 25.0 Å². The van der Waals surface area contributed by atoms with E-state index in [1.807, 2.05) is 12.1 Å². The first kappa shape index (κ1) is 7.74. The van der Waals surface area contributed by atoms with Gasteiger partial charge in [-0.2, -0.15) is 0 Å². The lowest BCUT2D eigenvalue weighted by Gasteiger charge is -2.35. The van der Waals surface area contributed by atoms with E-state index < -0.39 is 0 Å². The molecule has 0 atom stereocenters. The molecule has 0 N–H and O–H groups in total. The van der Waals surface area contributed by atoms with Crippen LogP contribution in [0.15, 0.2) is 24.3 Å². The molecule has 12 heavy (non-hydrogen) atoms. The average Bonchev–Trinajstić information content (AvgIpc) is 2.01. The Kier molecular flexibility index (Phi) is 1.85. The third kappa shape index (κ3) is 1.34. The van der Waals surface area contributed by atoms with E-state index in [0.29, 0.717) is 0 Å². The van der Waals surface area contributed by atoms with Crippen molar-refractivity contribution in [2.75, 3.05) is 20.1 Å². The summed E-state index contributed by atoms with van der Waals surface area (Å²) in [6.45, 7) is 2.04. The second kappa shape index (κ2) is 2.87. The summed E-state index contributed by atoms with van der Waals surface area (Å²) in [5.74, 6) is 1.24. The predicted molar refractivity (Wildman–Crippen MR) is 46.2 cm³/mol. The van der Waals surface area contributed by atoms with E-state index in [1.54, 1.807) is 0 Å². The summed E-state index contributed by atoms with van der Waals surface area (Å²) in [5, 5.41) is 0. The molecule has 63 valence electrons. The second-order valence-electron chi connectivity index (χ2n) is 3.28. The number of nitrogens with zero attached hydrogens (tertiary/aromatic N) is 1. The molecule has 1 aromatic carbocycles. The molecule has 0 aliphatic carbocycles. The van der Waals surface area contributed by atoms with Crippen molar-refractivity contribution in [2.45, 2.75) is 0 Å². The number of hydrogen-bond donors (Lipinski definition) is 0. The van der Waals surface area contributed by atoms with Gasteiger partial charge in [-0.1, -0.05) is 12.1 Å². The monoisotopic (exact) mass is 164 g/mol. The molecule has 0 unspecified atom stereocenters. The van der Waals surface area contributed by atoms with Crippen molar-refractivity contribution in [1.82, 2.24) is 4.90 Å². The lowest BCUT2D eigenvalue weighted by atomic mass is 9.92. The van der Waals surface area contributed by atoms with Gasteiger partial charge >= 0.3 is 0 Å². The lowest BCUT2D eigenvalue weighted by molar-refractivity contribution is 0.272. The molecule has 0 saturated carbocycles. The summed E-state index contributed by atoms with van der Waals surface area (Å²) in [6, 6.07) is 6.72. The number of halogens is 1. The maximum Gasteiger partial charge on any atom is 0.123 e. The van der Waals surface area contributed by atoms with Crippen molar-refractivity contribution in [3.8, 4) is 0 Å². The quantitative estimate of drug-likeness (QED) is 0.610. The van der Waals surface area contributed by atoms with E-state index in [4.69, 9.17) is 0 Å². The van der Waals surface area contributed by atoms with Gasteiger partial charge in [0.05, 0.1) is 0 Å². The molecule has 1 saturated heterocycles. The summed E-state index contributed by atoms with van der Waals surface area (Å²) in [5.41, 5.74) is 1.18. The highest BCUT2D eigenvalue weighted by Crippen LogP contribution is 2.24. The molecular weight excluding hydrogens is 153 g/mol. The highest BCUT2D eigenvalue weighted by Gasteiger charge is 2.24. The van der Waals surface area contributed by atoms with Crippen LogP contribution in [0.4, 0.5) is 4.39 Å². The first-order chi connectivity index (χ1) is 5.75. The highest BCUT2D eigenvalue weighted by molar-refractivity contribution is 5.35. The Morgan fingerprint density at radius 2 is 1.75 bits per heavy atom. The summed E-state index contributed by atoms with van der Waals surface area (Å²) in [4.78, 5) is 2.22. The zero-order valence-corrected chi connectivity index (χ0v) is 7.05. The molecule has 1 fully saturated rings. The fraction of sp³-hybridized carbons (Fsp3) is 0.300. The molecule has 0 amide bonds. The zero-order chi connectivity index (χ0) is 8.55. The zero-order valence-electron chi connectivity index (χ0n) is 7.05. The van der Waals surface area contributed by atoms with E-state index >= 15 is 0 Å². The van der Waals surface area contributed by atoms with E-state index in [1.165, 1.54) is 23.6 Å². The van der Waals surface area contributed by atoms with Crippen LogP contribution in [0.3, 0.4) is 0 Å². The van der Waals surface area contributed by atoms with E-state index in [2.05, 4.69) is 11.9 Å². The van der Waals surface area contributed by atoms with Crippen LogP contribution in [0.2, 0.25) is 0 Å². The number of benzene rings is 1. The van der Waals surface area contributed by atoms with Gasteiger partial charge in [-0.25, -0.2) is 4.39 Å². The minimum atomic E-state index is -0.160. The van der Waals surface area contributed by atoms with Gasteiger partial charge in [-0.3, -0.25) is 0 Å². The molecule has 1 aliphatic heterocycles. The molecule has 1 radical (unpaired) electrons. The number of rotatable bonds is 1. The molecule has 1 heterocycles. The Labute approximate surface area is 71.8 Å². The predicted octanol–water partition coefficient (Wildman–Crippen LogP) is 1.69. The Hall–Kier alpha value is -0.890. The Morgan fingerprint density at radius 1 is 1.17 bits per heavy atom. The summed E-state index contributed by atoms with van der Waals surface area (Å²) in [6.07, 6.45) is 0. The van der Waals surface area contributed by atoms with Gasteiger partial charge in [-0.05, 0) is 24.7 Å². The van der Waals surface area contributed by atoms with Crippen LogP contribution in [0.1, 0.15) is 5.56 Å². The molecule has 1 aromatic rings. The molecule has 2 rings (SSSR count). The lowest BCUT2D eigenvalue weighted by Crippen LogP contribution is -2.42. The van der Waals surface area contributed by atoms with Crippen molar-refractivity contribution in [2.24, 2.45) is 0 Å². The van der Waals surface area contributed by atoms with Gasteiger partial charge in [0.15, 0.2) is 0 Å². The highest BCUT2D eigenvalue weighted by atomic mass is 19.1. The Balaban J connectivity index is 2.09. The Morgan fingerprint density at radius 3 is 2.25 bits per heavy atom. The third-order valence-electron chi connectivity index (χ3n) is 2.17. The third-order valence-corrected chi connectivity index (χ3v) is 2.17. The smallest absolute Gasteiger partial charge is 0.123 e. The largest absolute Gasteiger partial charge is 0.304 e. The molecule has 1 nitrogen and oxygen atoms in total.